The van der Waals surface area contributed by atoms with Gasteiger partial charge in [-0.3, -0.25) is 14.4 Å². The van der Waals surface area contributed by atoms with Crippen LogP contribution in [0.2, 0.25) is 0 Å². The number of amides is 1. The highest BCUT2D eigenvalue weighted by atomic mass is 16.5. The van der Waals surface area contributed by atoms with Crippen molar-refractivity contribution in [3.05, 3.63) is 53.1 Å². The van der Waals surface area contributed by atoms with Crippen molar-refractivity contribution in [2.45, 2.75) is 13.0 Å². The number of likely N-dealkylation sites (N-methyl/N-ethyl adjacent to an activating group) is 1. The van der Waals surface area contributed by atoms with Crippen molar-refractivity contribution in [2.75, 3.05) is 48.5 Å². The lowest BCUT2D eigenvalue weighted by atomic mass is 9.85. The molecule has 1 fully saturated rings. The summed E-state index contributed by atoms with van der Waals surface area (Å²) in [7, 11) is 8.37. The molecule has 1 aliphatic heterocycles. The lowest BCUT2D eigenvalue weighted by Crippen LogP contribution is -2.36. The number of Topliss-reactive ketones (excluding diaryl/α,β-unsaturated/α-hetero) is 2. The largest absolute Gasteiger partial charge is 0.496 e. The van der Waals surface area contributed by atoms with E-state index < -0.39 is 29.4 Å². The Kier molecular flexibility index (Phi) is 7.38. The molecule has 8 nitrogen and oxygen atoms in total. The van der Waals surface area contributed by atoms with E-state index in [0.29, 0.717) is 41.5 Å². The average Bonchev–Trinajstić information content (AvgIpc) is 3.06. The molecule has 1 aliphatic rings. The Morgan fingerprint density at radius 2 is 1.58 bits per heavy atom. The molecule has 0 N–H and O–H groups in total. The van der Waals surface area contributed by atoms with Crippen LogP contribution in [-0.4, -0.2) is 75.8 Å². The summed E-state index contributed by atoms with van der Waals surface area (Å²) in [6.45, 7) is 2.68. The molecule has 2 atom stereocenters. The maximum absolute atomic E-state index is 13.6. The third-order valence-electron chi connectivity index (χ3n) is 5.90. The minimum atomic E-state index is -1.16. The normalized spacial score (nSPS) is 18.1. The standard InChI is InChI=1S/C25H30N2O6/c1-15-13-17(8-9-18(15)31-4)23(28)21-22(16-7-10-19(32-5)20(14-16)33-6)27(12-11-26(2)3)25(30)24(21)29/h7-10,13-14,21-22H,11-12H2,1-6H3. The zero-order valence-electron chi connectivity index (χ0n) is 19.9. The second-order valence-corrected chi connectivity index (χ2v) is 8.25. The Morgan fingerprint density at radius 1 is 0.939 bits per heavy atom. The minimum Gasteiger partial charge on any atom is -0.496 e. The number of hydrogen-bond donors (Lipinski definition) is 0. The second-order valence-electron chi connectivity index (χ2n) is 8.25. The molecule has 0 spiro atoms. The number of ether oxygens (including phenoxy) is 3. The molecule has 0 radical (unpaired) electrons. The number of ketones is 2. The van der Waals surface area contributed by atoms with Crippen molar-refractivity contribution in [2.24, 2.45) is 5.92 Å². The molecular formula is C25H30N2O6. The Labute approximate surface area is 194 Å². The molecule has 0 aromatic heterocycles. The van der Waals surface area contributed by atoms with Crippen molar-refractivity contribution in [1.29, 1.82) is 0 Å². The Bertz CT molecular complexity index is 1060. The predicted molar refractivity (Wildman–Crippen MR) is 123 cm³/mol. The monoisotopic (exact) mass is 454 g/mol. The molecule has 0 bridgehead atoms. The summed E-state index contributed by atoms with van der Waals surface area (Å²) in [6.07, 6.45) is 0. The number of carbonyl (C=O) groups excluding carboxylic acids is 3. The Hall–Kier alpha value is -3.39. The van der Waals surface area contributed by atoms with Gasteiger partial charge in [-0.05, 0) is 62.5 Å². The van der Waals surface area contributed by atoms with E-state index in [9.17, 15) is 14.4 Å². The number of benzene rings is 2. The number of aryl methyl sites for hydroxylation is 1. The van der Waals surface area contributed by atoms with Gasteiger partial charge in [0.25, 0.3) is 5.91 Å². The summed E-state index contributed by atoms with van der Waals surface area (Å²) in [5.41, 5.74) is 1.76. The molecule has 2 unspecified atom stereocenters. The van der Waals surface area contributed by atoms with E-state index in [0.717, 1.165) is 5.56 Å². The Morgan fingerprint density at radius 3 is 2.15 bits per heavy atom. The highest BCUT2D eigenvalue weighted by molar-refractivity contribution is 6.44. The third kappa shape index (κ3) is 4.71. The molecule has 2 aromatic carbocycles. The zero-order valence-corrected chi connectivity index (χ0v) is 19.9. The fraction of sp³-hybridized carbons (Fsp3) is 0.400. The number of rotatable bonds is 9. The lowest BCUT2D eigenvalue weighted by Gasteiger charge is -2.28. The predicted octanol–water partition coefficient (Wildman–Crippen LogP) is 2.53. The van der Waals surface area contributed by atoms with Gasteiger partial charge in [0, 0.05) is 18.7 Å². The SMILES string of the molecule is COc1ccc(C(=O)C2C(=O)C(=O)N(CCN(C)C)C2c2ccc(OC)c(OC)c2)cc1C. The topological polar surface area (TPSA) is 85.4 Å². The van der Waals surface area contributed by atoms with Crippen molar-refractivity contribution >= 4 is 17.5 Å². The molecule has 176 valence electrons. The first-order valence-corrected chi connectivity index (χ1v) is 10.6. The highest BCUT2D eigenvalue weighted by Crippen LogP contribution is 2.41. The van der Waals surface area contributed by atoms with Crippen LogP contribution in [0.5, 0.6) is 17.2 Å². The first kappa shape index (κ1) is 24.3. The fourth-order valence-corrected chi connectivity index (χ4v) is 4.16. The first-order valence-electron chi connectivity index (χ1n) is 10.6. The van der Waals surface area contributed by atoms with Crippen LogP contribution in [0.25, 0.3) is 0 Å². The molecule has 1 saturated heterocycles. The molecule has 1 amide bonds. The van der Waals surface area contributed by atoms with Crippen molar-refractivity contribution in [1.82, 2.24) is 9.80 Å². The smallest absolute Gasteiger partial charge is 0.291 e. The number of methoxy groups -OCH3 is 3. The van der Waals surface area contributed by atoms with Crippen LogP contribution in [0.3, 0.4) is 0 Å². The van der Waals surface area contributed by atoms with Gasteiger partial charge in [0.1, 0.15) is 11.7 Å². The van der Waals surface area contributed by atoms with Crippen LogP contribution < -0.4 is 14.2 Å². The molecular weight excluding hydrogens is 424 g/mol. The van der Waals surface area contributed by atoms with E-state index in [1.165, 1.54) is 19.1 Å². The summed E-state index contributed by atoms with van der Waals surface area (Å²) in [4.78, 5) is 43.2. The van der Waals surface area contributed by atoms with Crippen molar-refractivity contribution in [3.8, 4) is 17.2 Å². The van der Waals surface area contributed by atoms with Crippen LogP contribution in [0.15, 0.2) is 36.4 Å². The maximum atomic E-state index is 13.6. The first-order chi connectivity index (χ1) is 15.7. The molecule has 0 aliphatic carbocycles. The highest BCUT2D eigenvalue weighted by Gasteiger charge is 2.51. The molecule has 3 rings (SSSR count). The fourth-order valence-electron chi connectivity index (χ4n) is 4.16. The van der Waals surface area contributed by atoms with E-state index in [-0.39, 0.29) is 0 Å². The average molecular weight is 455 g/mol. The van der Waals surface area contributed by atoms with Crippen molar-refractivity contribution < 1.29 is 28.6 Å². The zero-order chi connectivity index (χ0) is 24.3. The van der Waals surface area contributed by atoms with Crippen LogP contribution in [-0.2, 0) is 9.59 Å². The van der Waals surface area contributed by atoms with Gasteiger partial charge in [-0.2, -0.15) is 0 Å². The van der Waals surface area contributed by atoms with E-state index in [1.807, 2.05) is 25.9 Å². The van der Waals surface area contributed by atoms with Gasteiger partial charge in [-0.25, -0.2) is 0 Å². The molecule has 1 heterocycles. The number of carbonyl (C=O) groups is 3. The second kappa shape index (κ2) is 10.0. The van der Waals surface area contributed by atoms with Crippen LogP contribution >= 0.6 is 0 Å². The molecule has 33 heavy (non-hydrogen) atoms. The van der Waals surface area contributed by atoms with Crippen molar-refractivity contribution in [3.63, 3.8) is 0 Å². The quantitative estimate of drug-likeness (QED) is 0.327. The van der Waals surface area contributed by atoms with E-state index in [4.69, 9.17) is 14.2 Å². The summed E-state index contributed by atoms with van der Waals surface area (Å²) in [5, 5.41) is 0. The minimum absolute atomic E-state index is 0.308. The summed E-state index contributed by atoms with van der Waals surface area (Å²) in [6, 6.07) is 9.45. The molecule has 2 aromatic rings. The van der Waals surface area contributed by atoms with Crippen LogP contribution in [0.4, 0.5) is 0 Å². The van der Waals surface area contributed by atoms with Gasteiger partial charge >= 0.3 is 0 Å². The van der Waals surface area contributed by atoms with Gasteiger partial charge in [0.15, 0.2) is 17.3 Å². The molecule has 0 saturated carbocycles. The Balaban J connectivity index is 2.09. The van der Waals surface area contributed by atoms with Gasteiger partial charge in [0.05, 0.1) is 27.4 Å². The van der Waals surface area contributed by atoms with E-state index in [2.05, 4.69) is 0 Å². The summed E-state index contributed by atoms with van der Waals surface area (Å²) >= 11 is 0. The lowest BCUT2D eigenvalue weighted by molar-refractivity contribution is -0.140. The maximum Gasteiger partial charge on any atom is 0.291 e. The van der Waals surface area contributed by atoms with Crippen LogP contribution in [0, 0.1) is 12.8 Å². The number of nitrogens with zero attached hydrogens (tertiary/aromatic N) is 2. The van der Waals surface area contributed by atoms with Gasteiger partial charge in [-0.15, -0.1) is 0 Å². The molecule has 8 heteroatoms. The summed E-state index contributed by atoms with van der Waals surface area (Å²) < 4.78 is 16.0. The number of likely N-dealkylation sites (tertiary alicyclic amines) is 1. The van der Waals surface area contributed by atoms with E-state index in [1.54, 1.807) is 43.5 Å². The van der Waals surface area contributed by atoms with Crippen LogP contribution in [0.1, 0.15) is 27.5 Å². The van der Waals surface area contributed by atoms with E-state index >= 15 is 0 Å². The van der Waals surface area contributed by atoms with Gasteiger partial charge < -0.3 is 24.0 Å². The van der Waals surface area contributed by atoms with Gasteiger partial charge in [-0.1, -0.05) is 6.07 Å². The third-order valence-corrected chi connectivity index (χ3v) is 5.90. The number of hydrogen-bond acceptors (Lipinski definition) is 7. The summed E-state index contributed by atoms with van der Waals surface area (Å²) in [5.74, 6) is -1.29. The van der Waals surface area contributed by atoms with Gasteiger partial charge in [0.2, 0.25) is 5.78 Å².